The highest BCUT2D eigenvalue weighted by atomic mass is 16.2. The molecule has 0 aliphatic heterocycles. The highest BCUT2D eigenvalue weighted by molar-refractivity contribution is 5.77. The monoisotopic (exact) mass is 323 g/mol. The van der Waals surface area contributed by atoms with Crippen LogP contribution in [-0.4, -0.2) is 45.5 Å². The molecule has 124 valence electrons. The van der Waals surface area contributed by atoms with E-state index in [4.69, 9.17) is 0 Å². The van der Waals surface area contributed by atoms with Gasteiger partial charge in [-0.05, 0) is 24.7 Å². The van der Waals surface area contributed by atoms with Crippen LogP contribution in [0.2, 0.25) is 0 Å². The van der Waals surface area contributed by atoms with Gasteiger partial charge in [-0.3, -0.25) is 14.1 Å². The fourth-order valence-electron chi connectivity index (χ4n) is 2.63. The van der Waals surface area contributed by atoms with Crippen molar-refractivity contribution in [3.63, 3.8) is 0 Å². The minimum Gasteiger partial charge on any atom is -0.355 e. The molecule has 0 aliphatic carbocycles. The maximum atomic E-state index is 12.0. The first kappa shape index (κ1) is 16.1. The number of likely N-dealkylation sites (N-methyl/N-ethyl adjacent to an activating group) is 1. The molecular formula is C18H21N5O. The van der Waals surface area contributed by atoms with E-state index in [1.807, 2.05) is 58.9 Å². The summed E-state index contributed by atoms with van der Waals surface area (Å²) >= 11 is 0. The number of rotatable bonds is 7. The molecule has 6 heteroatoms. The van der Waals surface area contributed by atoms with Gasteiger partial charge in [-0.1, -0.05) is 36.4 Å². The van der Waals surface area contributed by atoms with Crippen molar-refractivity contribution >= 4 is 11.6 Å². The normalized spacial score (nSPS) is 11.1. The molecule has 0 spiro atoms. The number of aromatic nitrogens is 3. The zero-order chi connectivity index (χ0) is 16.8. The van der Waals surface area contributed by atoms with Crippen molar-refractivity contribution in [2.45, 2.75) is 13.0 Å². The van der Waals surface area contributed by atoms with Crippen LogP contribution in [0.4, 0.5) is 0 Å². The summed E-state index contributed by atoms with van der Waals surface area (Å²) in [5, 5.41) is 11.2. The van der Waals surface area contributed by atoms with E-state index in [1.165, 1.54) is 5.56 Å². The second kappa shape index (κ2) is 7.70. The minimum absolute atomic E-state index is 0.0160. The Kier molecular flexibility index (Phi) is 5.18. The summed E-state index contributed by atoms with van der Waals surface area (Å²) in [6.45, 7) is 1.67. The van der Waals surface area contributed by atoms with Gasteiger partial charge in [0.05, 0.1) is 6.54 Å². The van der Waals surface area contributed by atoms with Gasteiger partial charge in [0, 0.05) is 25.7 Å². The molecule has 0 fully saturated rings. The summed E-state index contributed by atoms with van der Waals surface area (Å²) in [5.74, 6) is 0.866. The molecule has 3 aromatic rings. The Morgan fingerprint density at radius 2 is 1.92 bits per heavy atom. The quantitative estimate of drug-likeness (QED) is 0.716. The van der Waals surface area contributed by atoms with E-state index in [2.05, 4.69) is 27.6 Å². The van der Waals surface area contributed by atoms with Crippen LogP contribution >= 0.6 is 0 Å². The number of fused-ring (bicyclic) bond motifs is 1. The summed E-state index contributed by atoms with van der Waals surface area (Å²) in [4.78, 5) is 14.0. The lowest BCUT2D eigenvalue weighted by molar-refractivity contribution is -0.122. The molecule has 1 N–H and O–H groups in total. The molecule has 2 heterocycles. The first-order valence-corrected chi connectivity index (χ1v) is 8.00. The summed E-state index contributed by atoms with van der Waals surface area (Å²) < 4.78 is 1.94. The third kappa shape index (κ3) is 4.17. The Hall–Kier alpha value is -2.73. The standard InChI is InChI=1S/C18H21N5O/c1-22(13-15-7-3-2-4-8-15)14-18(24)19-11-10-17-21-20-16-9-5-6-12-23(16)17/h2-9,12H,10-11,13-14H2,1H3,(H,19,24). The van der Waals surface area contributed by atoms with Crippen molar-refractivity contribution in [3.05, 3.63) is 66.1 Å². The van der Waals surface area contributed by atoms with Gasteiger partial charge in [-0.2, -0.15) is 0 Å². The predicted octanol–water partition coefficient (Wildman–Crippen LogP) is 1.52. The molecule has 0 atom stereocenters. The largest absolute Gasteiger partial charge is 0.355 e. The molecule has 3 rings (SSSR count). The summed E-state index contributed by atoms with van der Waals surface area (Å²) in [5.41, 5.74) is 2.02. The molecule has 1 aromatic carbocycles. The molecule has 6 nitrogen and oxygen atoms in total. The Labute approximate surface area is 141 Å². The van der Waals surface area contributed by atoms with Gasteiger partial charge in [0.25, 0.3) is 0 Å². The lowest BCUT2D eigenvalue weighted by Crippen LogP contribution is -2.36. The summed E-state index contributed by atoms with van der Waals surface area (Å²) in [7, 11) is 1.94. The number of carbonyl (C=O) groups excluding carboxylic acids is 1. The van der Waals surface area contributed by atoms with E-state index in [9.17, 15) is 4.79 Å². The third-order valence-corrected chi connectivity index (χ3v) is 3.76. The van der Waals surface area contributed by atoms with Crippen molar-refractivity contribution in [2.75, 3.05) is 20.1 Å². The third-order valence-electron chi connectivity index (χ3n) is 3.76. The zero-order valence-electron chi connectivity index (χ0n) is 13.7. The van der Waals surface area contributed by atoms with Crippen LogP contribution in [0, 0.1) is 0 Å². The summed E-state index contributed by atoms with van der Waals surface area (Å²) in [6.07, 6.45) is 2.58. The number of benzene rings is 1. The molecule has 0 aliphatic rings. The van der Waals surface area contributed by atoms with Crippen LogP contribution in [0.15, 0.2) is 54.7 Å². The second-order valence-corrected chi connectivity index (χ2v) is 5.80. The van der Waals surface area contributed by atoms with Crippen molar-refractivity contribution in [1.29, 1.82) is 0 Å². The van der Waals surface area contributed by atoms with E-state index in [0.29, 0.717) is 19.5 Å². The van der Waals surface area contributed by atoms with Gasteiger partial charge in [0.1, 0.15) is 5.82 Å². The van der Waals surface area contributed by atoms with Crippen LogP contribution in [0.5, 0.6) is 0 Å². The molecule has 0 saturated heterocycles. The second-order valence-electron chi connectivity index (χ2n) is 5.80. The predicted molar refractivity (Wildman–Crippen MR) is 92.5 cm³/mol. The van der Waals surface area contributed by atoms with Crippen LogP contribution in [0.25, 0.3) is 5.65 Å². The van der Waals surface area contributed by atoms with Gasteiger partial charge >= 0.3 is 0 Å². The highest BCUT2D eigenvalue weighted by Crippen LogP contribution is 2.03. The Bertz CT molecular complexity index is 799. The number of pyridine rings is 1. The van der Waals surface area contributed by atoms with Gasteiger partial charge in [0.2, 0.25) is 5.91 Å². The SMILES string of the molecule is CN(CC(=O)NCCc1nnc2ccccn12)Cc1ccccc1. The van der Waals surface area contributed by atoms with E-state index >= 15 is 0 Å². The molecule has 2 aromatic heterocycles. The smallest absolute Gasteiger partial charge is 0.234 e. The van der Waals surface area contributed by atoms with Crippen molar-refractivity contribution in [2.24, 2.45) is 0 Å². The van der Waals surface area contributed by atoms with Crippen molar-refractivity contribution in [3.8, 4) is 0 Å². The van der Waals surface area contributed by atoms with E-state index in [0.717, 1.165) is 18.0 Å². The number of hydrogen-bond donors (Lipinski definition) is 1. The molecule has 0 bridgehead atoms. The van der Waals surface area contributed by atoms with E-state index in [-0.39, 0.29) is 5.91 Å². The van der Waals surface area contributed by atoms with Crippen LogP contribution in [-0.2, 0) is 17.8 Å². The van der Waals surface area contributed by atoms with Gasteiger partial charge in [0.15, 0.2) is 5.65 Å². The first-order valence-electron chi connectivity index (χ1n) is 8.00. The maximum Gasteiger partial charge on any atom is 0.234 e. The molecule has 24 heavy (non-hydrogen) atoms. The van der Waals surface area contributed by atoms with Gasteiger partial charge in [-0.15, -0.1) is 10.2 Å². The topological polar surface area (TPSA) is 62.5 Å². The minimum atomic E-state index is 0.0160. The fourth-order valence-corrected chi connectivity index (χ4v) is 2.63. The molecule has 0 unspecified atom stereocenters. The van der Waals surface area contributed by atoms with Gasteiger partial charge < -0.3 is 5.32 Å². The Morgan fingerprint density at radius 1 is 1.12 bits per heavy atom. The fraction of sp³-hybridized carbons (Fsp3) is 0.278. The van der Waals surface area contributed by atoms with Crippen LogP contribution in [0.1, 0.15) is 11.4 Å². The maximum absolute atomic E-state index is 12.0. The van der Waals surface area contributed by atoms with Crippen LogP contribution in [0.3, 0.4) is 0 Å². The number of nitrogens with zero attached hydrogens (tertiary/aromatic N) is 4. The number of hydrogen-bond acceptors (Lipinski definition) is 4. The van der Waals surface area contributed by atoms with Crippen molar-refractivity contribution in [1.82, 2.24) is 24.8 Å². The average Bonchev–Trinajstić information content (AvgIpc) is 2.99. The molecule has 1 amide bonds. The Balaban J connectivity index is 1.44. The van der Waals surface area contributed by atoms with Gasteiger partial charge in [-0.25, -0.2) is 0 Å². The number of carbonyl (C=O) groups is 1. The lowest BCUT2D eigenvalue weighted by atomic mass is 10.2. The molecular weight excluding hydrogens is 302 g/mol. The molecule has 0 radical (unpaired) electrons. The zero-order valence-corrected chi connectivity index (χ0v) is 13.7. The van der Waals surface area contributed by atoms with E-state index in [1.54, 1.807) is 0 Å². The lowest BCUT2D eigenvalue weighted by Gasteiger charge is -2.16. The number of nitrogens with one attached hydrogen (secondary N) is 1. The first-order chi connectivity index (χ1) is 11.7. The molecule has 0 saturated carbocycles. The summed E-state index contributed by atoms with van der Waals surface area (Å²) in [6, 6.07) is 15.9. The average molecular weight is 323 g/mol. The highest BCUT2D eigenvalue weighted by Gasteiger charge is 2.08. The number of amides is 1. The van der Waals surface area contributed by atoms with Crippen LogP contribution < -0.4 is 5.32 Å². The van der Waals surface area contributed by atoms with E-state index < -0.39 is 0 Å². The Morgan fingerprint density at radius 3 is 2.75 bits per heavy atom. The van der Waals surface area contributed by atoms with Crippen molar-refractivity contribution < 1.29 is 4.79 Å².